The lowest BCUT2D eigenvalue weighted by Crippen LogP contribution is -2.47. The summed E-state index contributed by atoms with van der Waals surface area (Å²) in [7, 11) is 1.64. The SMILES string of the molecule is CNC(=O)NCC1CCC(C(=O)NC2CCN(CC3CCCCC3)CC2)CC1. The minimum atomic E-state index is -0.116. The van der Waals surface area contributed by atoms with Crippen LogP contribution in [0.4, 0.5) is 4.79 Å². The van der Waals surface area contributed by atoms with Crippen LogP contribution in [0, 0.1) is 17.8 Å². The van der Waals surface area contributed by atoms with E-state index in [-0.39, 0.29) is 17.9 Å². The number of nitrogens with one attached hydrogen (secondary N) is 3. The molecule has 0 atom stereocenters. The summed E-state index contributed by atoms with van der Waals surface area (Å²) >= 11 is 0. The number of likely N-dealkylation sites (tertiary alicyclic amines) is 1. The van der Waals surface area contributed by atoms with Crippen molar-refractivity contribution in [3.63, 3.8) is 0 Å². The van der Waals surface area contributed by atoms with E-state index in [9.17, 15) is 9.59 Å². The fourth-order valence-corrected chi connectivity index (χ4v) is 5.27. The minimum absolute atomic E-state index is 0.116. The van der Waals surface area contributed by atoms with Crippen LogP contribution in [0.15, 0.2) is 0 Å². The Labute approximate surface area is 170 Å². The molecular formula is C22H40N4O2. The number of amides is 3. The molecule has 3 N–H and O–H groups in total. The van der Waals surface area contributed by atoms with Gasteiger partial charge in [0, 0.05) is 45.2 Å². The second-order valence-corrected chi connectivity index (χ2v) is 9.27. The molecule has 6 nitrogen and oxygen atoms in total. The molecule has 0 radical (unpaired) electrons. The molecule has 1 saturated heterocycles. The van der Waals surface area contributed by atoms with Crippen molar-refractivity contribution in [1.29, 1.82) is 0 Å². The largest absolute Gasteiger partial charge is 0.353 e. The summed E-state index contributed by atoms with van der Waals surface area (Å²) in [5, 5.41) is 8.82. The number of hydrogen-bond donors (Lipinski definition) is 3. The van der Waals surface area contributed by atoms with E-state index in [1.807, 2.05) is 0 Å². The number of nitrogens with zero attached hydrogens (tertiary/aromatic N) is 1. The summed E-state index contributed by atoms with van der Waals surface area (Å²) in [6.07, 6.45) is 13.3. The first-order chi connectivity index (χ1) is 13.6. The zero-order chi connectivity index (χ0) is 19.8. The summed E-state index contributed by atoms with van der Waals surface area (Å²) < 4.78 is 0. The molecule has 0 spiro atoms. The van der Waals surface area contributed by atoms with Crippen molar-refractivity contribution in [2.24, 2.45) is 17.8 Å². The van der Waals surface area contributed by atoms with E-state index >= 15 is 0 Å². The first-order valence-electron chi connectivity index (χ1n) is 11.6. The molecule has 0 aromatic heterocycles. The van der Waals surface area contributed by atoms with E-state index in [1.165, 1.54) is 38.6 Å². The predicted molar refractivity (Wildman–Crippen MR) is 112 cm³/mol. The van der Waals surface area contributed by atoms with Crippen LogP contribution in [-0.4, -0.2) is 56.1 Å². The van der Waals surface area contributed by atoms with Crippen molar-refractivity contribution in [3.8, 4) is 0 Å². The maximum Gasteiger partial charge on any atom is 0.314 e. The third kappa shape index (κ3) is 6.64. The first kappa shape index (κ1) is 21.4. The highest BCUT2D eigenvalue weighted by atomic mass is 16.2. The van der Waals surface area contributed by atoms with Crippen LogP contribution >= 0.6 is 0 Å². The van der Waals surface area contributed by atoms with Gasteiger partial charge in [-0.05, 0) is 63.2 Å². The van der Waals surface area contributed by atoms with Gasteiger partial charge in [0.2, 0.25) is 5.91 Å². The van der Waals surface area contributed by atoms with Crippen molar-refractivity contribution >= 4 is 11.9 Å². The van der Waals surface area contributed by atoms with E-state index in [2.05, 4.69) is 20.9 Å². The summed E-state index contributed by atoms with van der Waals surface area (Å²) in [6.45, 7) is 4.26. The van der Waals surface area contributed by atoms with E-state index in [4.69, 9.17) is 0 Å². The van der Waals surface area contributed by atoms with E-state index < -0.39 is 0 Å². The highest BCUT2D eigenvalue weighted by molar-refractivity contribution is 5.79. The number of hydrogen-bond acceptors (Lipinski definition) is 3. The van der Waals surface area contributed by atoms with Gasteiger partial charge >= 0.3 is 6.03 Å². The molecular weight excluding hydrogens is 352 g/mol. The molecule has 2 saturated carbocycles. The highest BCUT2D eigenvalue weighted by Crippen LogP contribution is 2.29. The van der Waals surface area contributed by atoms with Crippen molar-refractivity contribution in [2.75, 3.05) is 33.2 Å². The second kappa shape index (κ2) is 11.0. The standard InChI is InChI=1S/C22H40N4O2/c1-23-22(28)24-15-17-7-9-19(10-8-17)21(27)25-20-11-13-26(14-12-20)16-18-5-3-2-4-6-18/h17-20H,2-16H2,1H3,(H,25,27)(H2,23,24,28). The molecule has 1 heterocycles. The van der Waals surface area contributed by atoms with Gasteiger partial charge in [0.1, 0.15) is 0 Å². The first-order valence-corrected chi connectivity index (χ1v) is 11.6. The average Bonchev–Trinajstić information content (AvgIpc) is 2.74. The van der Waals surface area contributed by atoms with Crippen LogP contribution in [0.25, 0.3) is 0 Å². The summed E-state index contributed by atoms with van der Waals surface area (Å²) in [5.41, 5.74) is 0. The lowest BCUT2D eigenvalue weighted by Gasteiger charge is -2.36. The van der Waals surface area contributed by atoms with Gasteiger partial charge in [0.15, 0.2) is 0 Å². The molecule has 0 aromatic carbocycles. The van der Waals surface area contributed by atoms with Crippen LogP contribution in [0.5, 0.6) is 0 Å². The van der Waals surface area contributed by atoms with Gasteiger partial charge in [-0.3, -0.25) is 4.79 Å². The molecule has 160 valence electrons. The van der Waals surface area contributed by atoms with Gasteiger partial charge in [-0.2, -0.15) is 0 Å². The van der Waals surface area contributed by atoms with Crippen LogP contribution in [0.3, 0.4) is 0 Å². The van der Waals surface area contributed by atoms with Gasteiger partial charge in [-0.1, -0.05) is 19.3 Å². The maximum atomic E-state index is 12.7. The van der Waals surface area contributed by atoms with E-state index in [1.54, 1.807) is 7.05 Å². The Hall–Kier alpha value is -1.30. The fraction of sp³-hybridized carbons (Fsp3) is 0.909. The smallest absolute Gasteiger partial charge is 0.314 e. The van der Waals surface area contributed by atoms with Crippen LogP contribution in [0.1, 0.15) is 70.6 Å². The Morgan fingerprint density at radius 3 is 2.18 bits per heavy atom. The van der Waals surface area contributed by atoms with Crippen molar-refractivity contribution in [1.82, 2.24) is 20.9 Å². The molecule has 28 heavy (non-hydrogen) atoms. The van der Waals surface area contributed by atoms with Crippen LogP contribution < -0.4 is 16.0 Å². The Kier molecular flexibility index (Phi) is 8.44. The maximum absolute atomic E-state index is 12.7. The molecule has 3 aliphatic rings. The fourth-order valence-electron chi connectivity index (χ4n) is 5.27. The summed E-state index contributed by atoms with van der Waals surface area (Å²) in [4.78, 5) is 26.6. The van der Waals surface area contributed by atoms with Crippen LogP contribution in [0.2, 0.25) is 0 Å². The molecule has 0 aromatic rings. The number of carbonyl (C=O) groups is 2. The van der Waals surface area contributed by atoms with Gasteiger partial charge in [-0.25, -0.2) is 4.79 Å². The average molecular weight is 393 g/mol. The number of rotatable bonds is 6. The Morgan fingerprint density at radius 1 is 0.857 bits per heavy atom. The highest BCUT2D eigenvalue weighted by Gasteiger charge is 2.29. The third-order valence-electron chi connectivity index (χ3n) is 7.17. The Balaban J connectivity index is 1.30. The summed E-state index contributed by atoms with van der Waals surface area (Å²) in [5.74, 6) is 1.84. The zero-order valence-electron chi connectivity index (χ0n) is 17.7. The van der Waals surface area contributed by atoms with Crippen molar-refractivity contribution in [3.05, 3.63) is 0 Å². The third-order valence-corrected chi connectivity index (χ3v) is 7.17. The molecule has 1 aliphatic heterocycles. The van der Waals surface area contributed by atoms with Crippen LogP contribution in [-0.2, 0) is 4.79 Å². The molecule has 0 bridgehead atoms. The van der Waals surface area contributed by atoms with Crippen molar-refractivity contribution in [2.45, 2.75) is 76.7 Å². The summed E-state index contributed by atoms with van der Waals surface area (Å²) in [6, 6.07) is 0.248. The Bertz CT molecular complexity index is 491. The van der Waals surface area contributed by atoms with Gasteiger partial charge in [-0.15, -0.1) is 0 Å². The van der Waals surface area contributed by atoms with E-state index in [0.29, 0.717) is 18.5 Å². The molecule has 2 aliphatic carbocycles. The van der Waals surface area contributed by atoms with Crippen molar-refractivity contribution < 1.29 is 9.59 Å². The number of piperidine rings is 1. The second-order valence-electron chi connectivity index (χ2n) is 9.27. The predicted octanol–water partition coefficient (Wildman–Crippen LogP) is 2.88. The van der Waals surface area contributed by atoms with Gasteiger partial charge in [0.05, 0.1) is 0 Å². The van der Waals surface area contributed by atoms with Gasteiger partial charge in [0.25, 0.3) is 0 Å². The lowest BCUT2D eigenvalue weighted by atomic mass is 9.81. The molecule has 0 unspecified atom stereocenters. The minimum Gasteiger partial charge on any atom is -0.353 e. The molecule has 3 amide bonds. The molecule has 6 heteroatoms. The Morgan fingerprint density at radius 2 is 1.54 bits per heavy atom. The van der Waals surface area contributed by atoms with Gasteiger partial charge < -0.3 is 20.9 Å². The monoisotopic (exact) mass is 392 g/mol. The van der Waals surface area contributed by atoms with E-state index in [0.717, 1.165) is 57.5 Å². The topological polar surface area (TPSA) is 73.5 Å². The number of carbonyl (C=O) groups excluding carboxylic acids is 2. The molecule has 3 fully saturated rings. The normalized spacial score (nSPS) is 27.9. The molecule has 3 rings (SSSR count). The quantitative estimate of drug-likeness (QED) is 0.651. The zero-order valence-corrected chi connectivity index (χ0v) is 17.7. The lowest BCUT2D eigenvalue weighted by molar-refractivity contribution is -0.127. The number of urea groups is 1.